The van der Waals surface area contributed by atoms with E-state index in [0.717, 1.165) is 6.07 Å². The van der Waals surface area contributed by atoms with Crippen LogP contribution in [0.15, 0.2) is 24.3 Å². The summed E-state index contributed by atoms with van der Waals surface area (Å²) in [6, 6.07) is 4.65. The lowest BCUT2D eigenvalue weighted by Crippen LogP contribution is -2.34. The van der Waals surface area contributed by atoms with Crippen molar-refractivity contribution in [3.05, 3.63) is 35.4 Å². The second-order valence-corrected chi connectivity index (χ2v) is 6.36. The van der Waals surface area contributed by atoms with Gasteiger partial charge in [-0.15, -0.1) is 0 Å². The molecule has 5 nitrogen and oxygen atoms in total. The van der Waals surface area contributed by atoms with Gasteiger partial charge in [-0.2, -0.15) is 13.2 Å². The van der Waals surface area contributed by atoms with E-state index in [1.165, 1.54) is 18.2 Å². The number of sulfonamides is 1. The molecule has 1 aromatic rings. The van der Waals surface area contributed by atoms with Gasteiger partial charge in [-0.1, -0.05) is 18.2 Å². The van der Waals surface area contributed by atoms with Crippen molar-refractivity contribution < 1.29 is 26.3 Å². The van der Waals surface area contributed by atoms with E-state index in [9.17, 15) is 21.6 Å². The minimum atomic E-state index is -4.58. The summed E-state index contributed by atoms with van der Waals surface area (Å²) >= 11 is 0. The summed E-state index contributed by atoms with van der Waals surface area (Å²) in [5.74, 6) is -0.708. The van der Waals surface area contributed by atoms with Crippen LogP contribution in [0.25, 0.3) is 0 Å². The quantitative estimate of drug-likeness (QED) is 0.666. The van der Waals surface area contributed by atoms with Gasteiger partial charge in [0.25, 0.3) is 0 Å². The Bertz CT molecular complexity index is 562. The van der Waals surface area contributed by atoms with E-state index in [2.05, 4.69) is 10.0 Å². The van der Waals surface area contributed by atoms with Crippen LogP contribution in [-0.2, 0) is 26.7 Å². The number of ether oxygens (including phenoxy) is 1. The lowest BCUT2D eigenvalue weighted by Gasteiger charge is -2.13. The van der Waals surface area contributed by atoms with Crippen LogP contribution in [0.4, 0.5) is 13.2 Å². The molecular formula is C13H19F3N2O3S. The van der Waals surface area contributed by atoms with Crippen LogP contribution >= 0.6 is 0 Å². The molecule has 22 heavy (non-hydrogen) atoms. The first-order valence-corrected chi connectivity index (χ1v) is 8.23. The zero-order chi connectivity index (χ0) is 16.6. The SMILES string of the molecule is COCCNCCNS(=O)(=O)Cc1ccccc1C(F)(F)F. The maximum absolute atomic E-state index is 12.8. The fraction of sp³-hybridized carbons (Fsp3) is 0.538. The molecule has 1 aromatic carbocycles. The van der Waals surface area contributed by atoms with Crippen LogP contribution in [-0.4, -0.2) is 41.8 Å². The molecule has 0 atom stereocenters. The molecule has 0 heterocycles. The second-order valence-electron chi connectivity index (χ2n) is 4.55. The fourth-order valence-corrected chi connectivity index (χ4v) is 2.95. The first-order valence-electron chi connectivity index (χ1n) is 6.58. The highest BCUT2D eigenvalue weighted by molar-refractivity contribution is 7.88. The van der Waals surface area contributed by atoms with Gasteiger partial charge in [-0.25, -0.2) is 13.1 Å². The summed E-state index contributed by atoms with van der Waals surface area (Å²) in [7, 11) is -2.29. The molecule has 1 rings (SSSR count). The van der Waals surface area contributed by atoms with Gasteiger partial charge in [0.1, 0.15) is 0 Å². The predicted molar refractivity (Wildman–Crippen MR) is 76.8 cm³/mol. The van der Waals surface area contributed by atoms with Gasteiger partial charge in [-0.3, -0.25) is 0 Å². The van der Waals surface area contributed by atoms with Gasteiger partial charge in [-0.05, 0) is 11.6 Å². The Balaban J connectivity index is 2.58. The molecule has 2 N–H and O–H groups in total. The maximum atomic E-state index is 12.8. The summed E-state index contributed by atoms with van der Waals surface area (Å²) < 4.78 is 69.2. The number of nitrogens with one attached hydrogen (secondary N) is 2. The molecule has 0 aliphatic carbocycles. The maximum Gasteiger partial charge on any atom is 0.416 e. The Labute approximate surface area is 127 Å². The summed E-state index contributed by atoms with van der Waals surface area (Å²) in [5, 5.41) is 2.93. The van der Waals surface area contributed by atoms with E-state index in [1.54, 1.807) is 7.11 Å². The van der Waals surface area contributed by atoms with Gasteiger partial charge in [0, 0.05) is 26.7 Å². The minimum absolute atomic E-state index is 0.0975. The molecule has 9 heteroatoms. The first kappa shape index (κ1) is 18.9. The number of benzene rings is 1. The van der Waals surface area contributed by atoms with Crippen molar-refractivity contribution in [2.75, 3.05) is 33.4 Å². The largest absolute Gasteiger partial charge is 0.416 e. The van der Waals surface area contributed by atoms with Gasteiger partial charge < -0.3 is 10.1 Å². The molecular weight excluding hydrogens is 321 g/mol. The summed E-state index contributed by atoms with van der Waals surface area (Å²) in [4.78, 5) is 0. The van der Waals surface area contributed by atoms with E-state index >= 15 is 0 Å². The van der Waals surface area contributed by atoms with E-state index in [0.29, 0.717) is 19.7 Å². The highest BCUT2D eigenvalue weighted by atomic mass is 32.2. The molecule has 0 saturated carbocycles. The Hall–Kier alpha value is -1.16. The molecule has 126 valence electrons. The third-order valence-corrected chi connectivity index (χ3v) is 4.11. The van der Waals surface area contributed by atoms with Crippen LogP contribution in [0, 0.1) is 0 Å². The number of alkyl halides is 3. The average molecular weight is 340 g/mol. The monoisotopic (exact) mass is 340 g/mol. The average Bonchev–Trinajstić information content (AvgIpc) is 2.41. The normalized spacial score (nSPS) is 12.5. The number of hydrogen-bond acceptors (Lipinski definition) is 4. The highest BCUT2D eigenvalue weighted by Crippen LogP contribution is 2.32. The van der Waals surface area contributed by atoms with Gasteiger partial charge in [0.2, 0.25) is 10.0 Å². The summed E-state index contributed by atoms with van der Waals surface area (Å²) in [6.45, 7) is 1.52. The third kappa shape index (κ3) is 6.73. The molecule has 0 amide bonds. The zero-order valence-electron chi connectivity index (χ0n) is 12.1. The van der Waals surface area contributed by atoms with Crippen molar-refractivity contribution >= 4 is 10.0 Å². The van der Waals surface area contributed by atoms with Crippen LogP contribution in [0.3, 0.4) is 0 Å². The van der Waals surface area contributed by atoms with Crippen molar-refractivity contribution in [1.29, 1.82) is 0 Å². The van der Waals surface area contributed by atoms with Crippen molar-refractivity contribution in [2.45, 2.75) is 11.9 Å². The van der Waals surface area contributed by atoms with Crippen molar-refractivity contribution in [3.63, 3.8) is 0 Å². The van der Waals surface area contributed by atoms with Crippen LogP contribution in [0.5, 0.6) is 0 Å². The van der Waals surface area contributed by atoms with Crippen LogP contribution < -0.4 is 10.0 Å². The molecule has 0 aliphatic rings. The zero-order valence-corrected chi connectivity index (χ0v) is 12.9. The molecule has 0 radical (unpaired) electrons. The van der Waals surface area contributed by atoms with E-state index < -0.39 is 27.5 Å². The molecule has 0 bridgehead atoms. The van der Waals surface area contributed by atoms with E-state index in [-0.39, 0.29) is 12.1 Å². The predicted octanol–water partition coefficient (Wildman–Crippen LogP) is 1.36. The molecule has 0 spiro atoms. The molecule has 0 aliphatic heterocycles. The van der Waals surface area contributed by atoms with Crippen molar-refractivity contribution in [2.24, 2.45) is 0 Å². The number of hydrogen-bond donors (Lipinski definition) is 2. The lowest BCUT2D eigenvalue weighted by molar-refractivity contribution is -0.138. The Kier molecular flexibility index (Phi) is 7.27. The highest BCUT2D eigenvalue weighted by Gasteiger charge is 2.33. The minimum Gasteiger partial charge on any atom is -0.383 e. The first-order chi connectivity index (χ1) is 10.3. The smallest absolute Gasteiger partial charge is 0.383 e. The Morgan fingerprint density at radius 2 is 1.82 bits per heavy atom. The molecule has 0 saturated heterocycles. The third-order valence-electron chi connectivity index (χ3n) is 2.78. The van der Waals surface area contributed by atoms with Crippen LogP contribution in [0.1, 0.15) is 11.1 Å². The standard InChI is InChI=1S/C13H19F3N2O3S/c1-21-9-8-17-6-7-18-22(19,20)10-11-4-2-3-5-12(11)13(14,15)16/h2-5,17-18H,6-10H2,1H3. The Morgan fingerprint density at radius 1 is 1.14 bits per heavy atom. The number of methoxy groups -OCH3 is 1. The number of halogens is 3. The summed E-state index contributed by atoms with van der Waals surface area (Å²) in [5.41, 5.74) is -1.20. The molecule has 0 aromatic heterocycles. The topological polar surface area (TPSA) is 67.4 Å². The van der Waals surface area contributed by atoms with Crippen molar-refractivity contribution in [3.8, 4) is 0 Å². The van der Waals surface area contributed by atoms with Crippen LogP contribution in [0.2, 0.25) is 0 Å². The fourth-order valence-electron chi connectivity index (χ4n) is 1.77. The van der Waals surface area contributed by atoms with Crippen molar-refractivity contribution in [1.82, 2.24) is 10.0 Å². The second kappa shape index (κ2) is 8.47. The number of rotatable bonds is 9. The van der Waals surface area contributed by atoms with Gasteiger partial charge in [0.15, 0.2) is 0 Å². The lowest BCUT2D eigenvalue weighted by atomic mass is 10.1. The van der Waals surface area contributed by atoms with E-state index in [1.807, 2.05) is 0 Å². The van der Waals surface area contributed by atoms with E-state index in [4.69, 9.17) is 4.74 Å². The molecule has 0 fully saturated rings. The van der Waals surface area contributed by atoms with Gasteiger partial charge in [0.05, 0.1) is 17.9 Å². The molecule has 0 unspecified atom stereocenters. The van der Waals surface area contributed by atoms with Gasteiger partial charge >= 0.3 is 6.18 Å². The Morgan fingerprint density at radius 3 is 2.45 bits per heavy atom. The summed E-state index contributed by atoms with van der Waals surface area (Å²) in [6.07, 6.45) is -4.58.